The molecule has 3 aromatic carbocycles. The van der Waals surface area contributed by atoms with Gasteiger partial charge >= 0.3 is 6.18 Å². The van der Waals surface area contributed by atoms with Gasteiger partial charge in [-0.2, -0.15) is 21.6 Å². The van der Waals surface area contributed by atoms with E-state index in [1.54, 1.807) is 48.5 Å². The Morgan fingerprint density at radius 1 is 0.788 bits per heavy atom. The lowest BCUT2D eigenvalue weighted by Gasteiger charge is -2.37. The van der Waals surface area contributed by atoms with Crippen LogP contribution in [-0.4, -0.2) is 45.3 Å². The smallest absolute Gasteiger partial charge is 0.368 e. The first-order chi connectivity index (χ1) is 15.7. The van der Waals surface area contributed by atoms with Crippen LogP contribution in [0.15, 0.2) is 94.2 Å². The number of hydrogen-bond donors (Lipinski definition) is 0. The second kappa shape index (κ2) is 9.27. The number of piperazine rings is 1. The van der Waals surface area contributed by atoms with Crippen molar-refractivity contribution in [2.24, 2.45) is 4.40 Å². The number of hydrogen-bond acceptors (Lipinski definition) is 3. The van der Waals surface area contributed by atoms with Crippen LogP contribution >= 0.6 is 0 Å². The summed E-state index contributed by atoms with van der Waals surface area (Å²) in [5, 5.41) is 0. The monoisotopic (exact) mass is 473 g/mol. The summed E-state index contributed by atoms with van der Waals surface area (Å²) in [5.74, 6) is 0.322. The van der Waals surface area contributed by atoms with E-state index < -0.39 is 21.8 Å². The highest BCUT2D eigenvalue weighted by Gasteiger charge is 2.31. The first-order valence-electron chi connectivity index (χ1n) is 10.4. The molecule has 1 aliphatic heterocycles. The maximum Gasteiger partial charge on any atom is 0.416 e. The Morgan fingerprint density at radius 3 is 2.00 bits per heavy atom. The second-order valence-electron chi connectivity index (χ2n) is 7.59. The molecule has 33 heavy (non-hydrogen) atoms. The third kappa shape index (κ3) is 5.36. The first kappa shape index (κ1) is 22.8. The highest BCUT2D eigenvalue weighted by molar-refractivity contribution is 7.90. The van der Waals surface area contributed by atoms with Gasteiger partial charge in [0.25, 0.3) is 10.0 Å². The summed E-state index contributed by atoms with van der Waals surface area (Å²) >= 11 is 0. The molecule has 0 radical (unpaired) electrons. The van der Waals surface area contributed by atoms with E-state index in [1.807, 2.05) is 15.9 Å². The zero-order valence-electron chi connectivity index (χ0n) is 17.6. The summed E-state index contributed by atoms with van der Waals surface area (Å²) in [6, 6.07) is 22.2. The topological polar surface area (TPSA) is 53.0 Å². The number of benzene rings is 3. The fourth-order valence-corrected chi connectivity index (χ4v) is 4.75. The summed E-state index contributed by atoms with van der Waals surface area (Å²) in [5.41, 5.74) is 0.451. The van der Waals surface area contributed by atoms with Gasteiger partial charge in [-0.25, -0.2) is 0 Å². The molecule has 0 aromatic heterocycles. The Labute approximate surface area is 190 Å². The van der Waals surface area contributed by atoms with Crippen LogP contribution in [-0.2, 0) is 16.2 Å². The molecule has 0 saturated carbocycles. The van der Waals surface area contributed by atoms with Crippen molar-refractivity contribution in [1.82, 2.24) is 4.90 Å². The number of amidine groups is 1. The van der Waals surface area contributed by atoms with E-state index in [1.165, 1.54) is 18.2 Å². The molecule has 0 atom stereocenters. The van der Waals surface area contributed by atoms with E-state index in [0.717, 1.165) is 12.1 Å². The molecular weight excluding hydrogens is 451 g/mol. The van der Waals surface area contributed by atoms with Crippen molar-refractivity contribution in [2.75, 3.05) is 31.1 Å². The number of halogens is 3. The van der Waals surface area contributed by atoms with E-state index >= 15 is 0 Å². The molecule has 0 spiro atoms. The van der Waals surface area contributed by atoms with Crippen molar-refractivity contribution < 1.29 is 21.6 Å². The molecule has 0 amide bonds. The van der Waals surface area contributed by atoms with E-state index in [0.29, 0.717) is 43.3 Å². The Kier molecular flexibility index (Phi) is 6.42. The summed E-state index contributed by atoms with van der Waals surface area (Å²) in [7, 11) is -3.94. The van der Waals surface area contributed by atoms with Crippen LogP contribution in [0.1, 0.15) is 11.1 Å². The van der Waals surface area contributed by atoms with Crippen molar-refractivity contribution in [3.8, 4) is 0 Å². The Morgan fingerprint density at radius 2 is 1.39 bits per heavy atom. The van der Waals surface area contributed by atoms with Gasteiger partial charge in [0.15, 0.2) is 0 Å². The molecule has 1 aliphatic rings. The van der Waals surface area contributed by atoms with Crippen LogP contribution in [0, 0.1) is 0 Å². The van der Waals surface area contributed by atoms with E-state index in [-0.39, 0.29) is 4.90 Å². The average molecular weight is 474 g/mol. The molecule has 5 nitrogen and oxygen atoms in total. The first-order valence-corrected chi connectivity index (χ1v) is 11.8. The van der Waals surface area contributed by atoms with E-state index in [4.69, 9.17) is 0 Å². The van der Waals surface area contributed by atoms with Gasteiger partial charge in [0.05, 0.1) is 10.5 Å². The number of sulfonamides is 1. The normalized spacial score (nSPS) is 15.5. The minimum Gasteiger partial charge on any atom is -0.368 e. The summed E-state index contributed by atoms with van der Waals surface area (Å²) < 4.78 is 69.3. The quantitative estimate of drug-likeness (QED) is 0.409. The lowest BCUT2D eigenvalue weighted by atomic mass is 10.1. The SMILES string of the molecule is O=S(=O)(/N=C(/c1ccccc1)N1CCN(c2cccc(C(F)(F)F)c2)CC1)c1ccccc1. The molecule has 4 rings (SSSR count). The van der Waals surface area contributed by atoms with Crippen LogP contribution in [0.2, 0.25) is 0 Å². The van der Waals surface area contributed by atoms with Crippen LogP contribution in [0.3, 0.4) is 0 Å². The lowest BCUT2D eigenvalue weighted by Crippen LogP contribution is -2.49. The van der Waals surface area contributed by atoms with Gasteiger partial charge in [-0.1, -0.05) is 54.6 Å². The fraction of sp³-hybridized carbons (Fsp3) is 0.208. The van der Waals surface area contributed by atoms with Crippen LogP contribution < -0.4 is 4.90 Å². The maximum atomic E-state index is 13.1. The zero-order chi connectivity index (χ0) is 23.5. The molecule has 0 aliphatic carbocycles. The number of alkyl halides is 3. The molecule has 1 fully saturated rings. The molecule has 0 N–H and O–H groups in total. The molecule has 9 heteroatoms. The molecule has 3 aromatic rings. The average Bonchev–Trinajstić information content (AvgIpc) is 2.83. The van der Waals surface area contributed by atoms with Crippen molar-refractivity contribution in [2.45, 2.75) is 11.1 Å². The van der Waals surface area contributed by atoms with Gasteiger partial charge in [0.1, 0.15) is 5.84 Å². The Hall–Kier alpha value is -3.33. The number of nitrogens with zero attached hydrogens (tertiary/aromatic N) is 3. The van der Waals surface area contributed by atoms with Gasteiger partial charge in [0.2, 0.25) is 0 Å². The summed E-state index contributed by atoms with van der Waals surface area (Å²) in [4.78, 5) is 3.82. The molecule has 1 saturated heterocycles. The molecular formula is C24H22F3N3O2S. The van der Waals surface area contributed by atoms with Crippen LogP contribution in [0.25, 0.3) is 0 Å². The molecule has 0 unspecified atom stereocenters. The van der Waals surface area contributed by atoms with Gasteiger partial charge in [-0.3, -0.25) is 0 Å². The highest BCUT2D eigenvalue weighted by atomic mass is 32.2. The van der Waals surface area contributed by atoms with Crippen LogP contribution in [0.4, 0.5) is 18.9 Å². The van der Waals surface area contributed by atoms with E-state index in [2.05, 4.69) is 4.40 Å². The summed E-state index contributed by atoms with van der Waals surface area (Å²) in [6.07, 6.45) is -4.41. The minimum absolute atomic E-state index is 0.0982. The zero-order valence-corrected chi connectivity index (χ0v) is 18.4. The second-order valence-corrected chi connectivity index (χ2v) is 9.20. The third-order valence-corrected chi connectivity index (χ3v) is 6.68. The molecule has 172 valence electrons. The highest BCUT2D eigenvalue weighted by Crippen LogP contribution is 2.32. The molecule has 0 bridgehead atoms. The third-order valence-electron chi connectivity index (χ3n) is 5.40. The standard InChI is InChI=1S/C24H22F3N3O2S/c25-24(26,27)20-10-7-11-21(18-20)29-14-16-30(17-15-29)23(19-8-3-1-4-9-19)28-33(31,32)22-12-5-2-6-13-22/h1-13,18H,14-17H2/b28-23-. The largest absolute Gasteiger partial charge is 0.416 e. The van der Waals surface area contributed by atoms with Gasteiger partial charge in [-0.05, 0) is 30.3 Å². The van der Waals surface area contributed by atoms with E-state index in [9.17, 15) is 21.6 Å². The lowest BCUT2D eigenvalue weighted by molar-refractivity contribution is -0.137. The van der Waals surface area contributed by atoms with Crippen molar-refractivity contribution in [3.05, 3.63) is 96.1 Å². The summed E-state index contributed by atoms with van der Waals surface area (Å²) in [6.45, 7) is 1.68. The van der Waals surface area contributed by atoms with Crippen molar-refractivity contribution >= 4 is 21.5 Å². The predicted molar refractivity (Wildman–Crippen MR) is 122 cm³/mol. The van der Waals surface area contributed by atoms with Gasteiger partial charge in [0, 0.05) is 37.4 Å². The maximum absolute atomic E-state index is 13.1. The molecule has 1 heterocycles. The van der Waals surface area contributed by atoms with Crippen molar-refractivity contribution in [3.63, 3.8) is 0 Å². The van der Waals surface area contributed by atoms with Crippen LogP contribution in [0.5, 0.6) is 0 Å². The number of anilines is 1. The van der Waals surface area contributed by atoms with Gasteiger partial charge < -0.3 is 9.80 Å². The fourth-order valence-electron chi connectivity index (χ4n) is 3.69. The Bertz CT molecular complexity index is 1220. The van der Waals surface area contributed by atoms with Crippen molar-refractivity contribution in [1.29, 1.82) is 0 Å². The minimum atomic E-state index is -4.41. The van der Waals surface area contributed by atoms with Gasteiger partial charge in [-0.15, -0.1) is 4.40 Å². The number of rotatable bonds is 4. The predicted octanol–water partition coefficient (Wildman–Crippen LogP) is 4.66. The Balaban J connectivity index is 1.60.